The third kappa shape index (κ3) is 8.61. The van der Waals surface area contributed by atoms with Crippen LogP contribution in [0.2, 0.25) is 0 Å². The zero-order valence-electron chi connectivity index (χ0n) is 23.4. The lowest BCUT2D eigenvalue weighted by Gasteiger charge is -2.37. The third-order valence-electron chi connectivity index (χ3n) is 7.17. The molecule has 0 radical (unpaired) electrons. The minimum absolute atomic E-state index is 0.0220. The molecule has 2 N–H and O–H groups in total. The van der Waals surface area contributed by atoms with Gasteiger partial charge < -0.3 is 19.9 Å². The molecule has 2 rings (SSSR count). The molecule has 3 unspecified atom stereocenters. The number of hydrogen-bond donors (Lipinski definition) is 2. The molecule has 0 aliphatic rings. The standard InChI is InChI=1S/C31H43NO6/c1-6-8-19-37-29(36)31(5,21-23(3)24-14-10-9-11-15-24)22-30(4,7-2)28(35)38-20-18-32-27(34)25-16-12-13-17-26(25)33/h9-17,23,33H,6-8,18-22H2,1-5H3,(H,32,34). The Bertz CT molecular complexity index is 1060. The Morgan fingerprint density at radius 2 is 1.50 bits per heavy atom. The van der Waals surface area contributed by atoms with E-state index in [0.717, 1.165) is 18.4 Å². The van der Waals surface area contributed by atoms with Crippen molar-refractivity contribution >= 4 is 17.8 Å². The average molecular weight is 526 g/mol. The highest BCUT2D eigenvalue weighted by molar-refractivity contribution is 5.96. The SMILES string of the molecule is CCCCOC(=O)C(C)(CC(C)c1ccccc1)CC(C)(CC)C(=O)OCCNC(=O)c1ccccc1O. The first-order chi connectivity index (χ1) is 18.1. The van der Waals surface area contributed by atoms with Crippen LogP contribution < -0.4 is 5.32 Å². The first kappa shape index (κ1) is 30.9. The third-order valence-corrected chi connectivity index (χ3v) is 7.17. The lowest BCUT2D eigenvalue weighted by atomic mass is 9.67. The van der Waals surface area contributed by atoms with Gasteiger partial charge >= 0.3 is 11.9 Å². The molecular formula is C31H43NO6. The van der Waals surface area contributed by atoms with Gasteiger partial charge in [0, 0.05) is 0 Å². The van der Waals surface area contributed by atoms with E-state index in [1.807, 2.05) is 58.0 Å². The van der Waals surface area contributed by atoms with Crippen molar-refractivity contribution < 1.29 is 29.0 Å². The first-order valence-electron chi connectivity index (χ1n) is 13.5. The van der Waals surface area contributed by atoms with Crippen LogP contribution in [-0.4, -0.2) is 42.7 Å². The lowest BCUT2D eigenvalue weighted by Crippen LogP contribution is -2.41. The van der Waals surface area contributed by atoms with Gasteiger partial charge in [0.05, 0.1) is 29.5 Å². The molecule has 38 heavy (non-hydrogen) atoms. The van der Waals surface area contributed by atoms with Crippen molar-refractivity contribution in [3.05, 3.63) is 65.7 Å². The van der Waals surface area contributed by atoms with Gasteiger partial charge in [-0.05, 0) is 63.1 Å². The number of phenols is 1. The van der Waals surface area contributed by atoms with Crippen molar-refractivity contribution in [1.82, 2.24) is 5.32 Å². The fourth-order valence-electron chi connectivity index (χ4n) is 4.73. The largest absolute Gasteiger partial charge is 0.507 e. The van der Waals surface area contributed by atoms with Crippen LogP contribution in [0.5, 0.6) is 5.75 Å². The monoisotopic (exact) mass is 525 g/mol. The minimum atomic E-state index is -0.920. The predicted octanol–water partition coefficient (Wildman–Crippen LogP) is 6.02. The normalized spacial score (nSPS) is 15.0. The number of esters is 2. The quantitative estimate of drug-likeness (QED) is 0.218. The highest BCUT2D eigenvalue weighted by atomic mass is 16.5. The molecule has 2 aromatic rings. The van der Waals surface area contributed by atoms with E-state index < -0.39 is 22.7 Å². The molecule has 7 nitrogen and oxygen atoms in total. The van der Waals surface area contributed by atoms with Crippen LogP contribution in [0, 0.1) is 10.8 Å². The molecule has 0 aliphatic heterocycles. The van der Waals surface area contributed by atoms with Crippen LogP contribution in [0.1, 0.15) is 88.6 Å². The van der Waals surface area contributed by atoms with Crippen molar-refractivity contribution in [3.63, 3.8) is 0 Å². The summed E-state index contributed by atoms with van der Waals surface area (Å²) in [7, 11) is 0. The minimum Gasteiger partial charge on any atom is -0.507 e. The maximum Gasteiger partial charge on any atom is 0.311 e. The van der Waals surface area contributed by atoms with Gasteiger partial charge in [-0.1, -0.05) is 69.7 Å². The summed E-state index contributed by atoms with van der Waals surface area (Å²) in [5.41, 5.74) is -0.536. The molecule has 0 aromatic heterocycles. The summed E-state index contributed by atoms with van der Waals surface area (Å²) in [6, 6.07) is 16.3. The van der Waals surface area contributed by atoms with E-state index in [4.69, 9.17) is 9.47 Å². The Labute approximate surface area is 226 Å². The zero-order valence-corrected chi connectivity index (χ0v) is 23.4. The second kappa shape index (κ2) is 14.6. The van der Waals surface area contributed by atoms with Crippen LogP contribution in [0.15, 0.2) is 54.6 Å². The fraction of sp³-hybridized carbons (Fsp3) is 0.516. The number of ether oxygens (including phenoxy) is 2. The summed E-state index contributed by atoms with van der Waals surface area (Å²) < 4.78 is 11.2. The van der Waals surface area contributed by atoms with Crippen molar-refractivity contribution in [2.24, 2.45) is 10.8 Å². The molecular weight excluding hydrogens is 482 g/mol. The number of unbranched alkanes of at least 4 members (excludes halogenated alkanes) is 1. The fourth-order valence-corrected chi connectivity index (χ4v) is 4.73. The summed E-state index contributed by atoms with van der Waals surface area (Å²) in [6.07, 6.45) is 3.00. The highest BCUT2D eigenvalue weighted by Crippen LogP contribution is 2.44. The number of rotatable bonds is 15. The van der Waals surface area contributed by atoms with Gasteiger partial charge in [0.15, 0.2) is 0 Å². The predicted molar refractivity (Wildman–Crippen MR) is 148 cm³/mol. The second-order valence-corrected chi connectivity index (χ2v) is 10.6. The van der Waals surface area contributed by atoms with E-state index >= 15 is 0 Å². The molecule has 0 saturated carbocycles. The van der Waals surface area contributed by atoms with Gasteiger partial charge in [0.2, 0.25) is 0 Å². The van der Waals surface area contributed by atoms with E-state index in [2.05, 4.69) is 12.2 Å². The topological polar surface area (TPSA) is 102 Å². The van der Waals surface area contributed by atoms with Gasteiger partial charge in [-0.2, -0.15) is 0 Å². The number of amides is 1. The molecule has 0 bridgehead atoms. The summed E-state index contributed by atoms with van der Waals surface area (Å²) in [5.74, 6) is -1.19. The Hall–Kier alpha value is -3.35. The van der Waals surface area contributed by atoms with E-state index in [1.165, 1.54) is 12.1 Å². The number of benzene rings is 2. The smallest absolute Gasteiger partial charge is 0.311 e. The first-order valence-corrected chi connectivity index (χ1v) is 13.5. The zero-order chi connectivity index (χ0) is 28.2. The number of aromatic hydroxyl groups is 1. The van der Waals surface area contributed by atoms with Crippen molar-refractivity contribution in [2.45, 2.75) is 72.6 Å². The number of phenolic OH excluding ortho intramolecular Hbond substituents is 1. The van der Waals surface area contributed by atoms with Crippen LogP contribution in [-0.2, 0) is 19.1 Å². The van der Waals surface area contributed by atoms with Gasteiger partial charge in [-0.25, -0.2) is 0 Å². The molecule has 208 valence electrons. The Kier molecular flexibility index (Phi) is 11.8. The number of para-hydroxylation sites is 1. The van der Waals surface area contributed by atoms with Crippen LogP contribution in [0.3, 0.4) is 0 Å². The summed E-state index contributed by atoms with van der Waals surface area (Å²) in [6.45, 7) is 10.2. The molecule has 0 fully saturated rings. The molecule has 1 amide bonds. The molecule has 0 saturated heterocycles. The second-order valence-electron chi connectivity index (χ2n) is 10.6. The van der Waals surface area contributed by atoms with Gasteiger partial charge in [0.1, 0.15) is 12.4 Å². The highest BCUT2D eigenvalue weighted by Gasteiger charge is 2.46. The Balaban J connectivity index is 2.08. The molecule has 0 heterocycles. The maximum atomic E-state index is 13.4. The van der Waals surface area contributed by atoms with Gasteiger partial charge in [-0.3, -0.25) is 14.4 Å². The average Bonchev–Trinajstić information content (AvgIpc) is 2.91. The van der Waals surface area contributed by atoms with Crippen LogP contribution in [0.25, 0.3) is 0 Å². The molecule has 0 spiro atoms. The molecule has 0 aliphatic carbocycles. The number of carbonyl (C=O) groups is 3. The van der Waals surface area contributed by atoms with Crippen molar-refractivity contribution in [2.75, 3.05) is 19.8 Å². The molecule has 7 heteroatoms. The van der Waals surface area contributed by atoms with Crippen LogP contribution in [0.4, 0.5) is 0 Å². The molecule has 2 aromatic carbocycles. The summed E-state index contributed by atoms with van der Waals surface area (Å²) >= 11 is 0. The summed E-state index contributed by atoms with van der Waals surface area (Å²) in [4.78, 5) is 38.9. The van der Waals surface area contributed by atoms with Gasteiger partial charge in [-0.15, -0.1) is 0 Å². The van der Waals surface area contributed by atoms with E-state index in [0.29, 0.717) is 19.4 Å². The van der Waals surface area contributed by atoms with Crippen molar-refractivity contribution in [3.8, 4) is 5.75 Å². The number of carbonyl (C=O) groups excluding carboxylic acids is 3. The van der Waals surface area contributed by atoms with E-state index in [1.54, 1.807) is 12.1 Å². The Morgan fingerprint density at radius 3 is 2.13 bits per heavy atom. The van der Waals surface area contributed by atoms with E-state index in [9.17, 15) is 19.5 Å². The Morgan fingerprint density at radius 1 is 0.895 bits per heavy atom. The summed E-state index contributed by atoms with van der Waals surface area (Å²) in [5, 5.41) is 12.5. The van der Waals surface area contributed by atoms with Gasteiger partial charge in [0.25, 0.3) is 5.91 Å². The molecule has 3 atom stereocenters. The number of hydrogen-bond acceptors (Lipinski definition) is 6. The van der Waals surface area contributed by atoms with Crippen molar-refractivity contribution in [1.29, 1.82) is 0 Å². The number of nitrogens with one attached hydrogen (secondary N) is 1. The maximum absolute atomic E-state index is 13.4. The lowest BCUT2D eigenvalue weighted by molar-refractivity contribution is -0.164. The van der Waals surface area contributed by atoms with Crippen LogP contribution >= 0.6 is 0 Å². The van der Waals surface area contributed by atoms with E-state index in [-0.39, 0.29) is 42.8 Å².